The molecule has 1 aliphatic carbocycles. The van der Waals surface area contributed by atoms with Crippen LogP contribution in [0.4, 0.5) is 0 Å². The van der Waals surface area contributed by atoms with E-state index in [0.29, 0.717) is 6.42 Å². The summed E-state index contributed by atoms with van der Waals surface area (Å²) in [5.74, 6) is -0.235. The minimum atomic E-state index is -3.86. The molecule has 0 atom stereocenters. The molecule has 76 valence electrons. The van der Waals surface area contributed by atoms with Gasteiger partial charge in [-0.05, 0) is 12.0 Å². The van der Waals surface area contributed by atoms with Crippen molar-refractivity contribution in [2.45, 2.75) is 6.42 Å². The zero-order valence-electron chi connectivity index (χ0n) is 7.63. The Morgan fingerprint density at radius 1 is 1.07 bits per heavy atom. The van der Waals surface area contributed by atoms with Crippen molar-refractivity contribution >= 4 is 10.1 Å². The average molecular weight is 212 g/mol. The van der Waals surface area contributed by atoms with E-state index < -0.39 is 10.1 Å². The van der Waals surface area contributed by atoms with E-state index in [0.717, 1.165) is 5.57 Å². The standard InChI is InChI=1S/C10H12O3S/c11-14(12,13)9-8-10-6-4-2-1-3-5-7-10/h1-7H,8-9H2,(H,11,12,13)/b2-1-,3-1?,4-2?,5-3-,6-4?,7-5?,10-6?,10-7?. The Bertz CT molecular complexity index is 397. The van der Waals surface area contributed by atoms with Gasteiger partial charge in [0.15, 0.2) is 0 Å². The van der Waals surface area contributed by atoms with Gasteiger partial charge >= 0.3 is 0 Å². The lowest BCUT2D eigenvalue weighted by molar-refractivity contribution is 0.483. The van der Waals surface area contributed by atoms with Crippen molar-refractivity contribution < 1.29 is 13.0 Å². The summed E-state index contributed by atoms with van der Waals surface area (Å²) in [5, 5.41) is 0. The normalized spacial score (nSPS) is 20.8. The molecule has 1 N–H and O–H groups in total. The molecule has 0 unspecified atom stereocenters. The molecule has 0 saturated carbocycles. The highest BCUT2D eigenvalue weighted by Gasteiger charge is 2.04. The first-order valence-corrected chi connectivity index (χ1v) is 5.84. The lowest BCUT2D eigenvalue weighted by Crippen LogP contribution is -2.04. The van der Waals surface area contributed by atoms with Crippen molar-refractivity contribution in [3.05, 3.63) is 48.1 Å². The van der Waals surface area contributed by atoms with Gasteiger partial charge < -0.3 is 0 Å². The minimum absolute atomic E-state index is 0.235. The smallest absolute Gasteiger partial charge is 0.265 e. The second-order valence-corrected chi connectivity index (χ2v) is 4.48. The van der Waals surface area contributed by atoms with Crippen LogP contribution >= 0.6 is 0 Å². The van der Waals surface area contributed by atoms with Gasteiger partial charge in [-0.3, -0.25) is 4.55 Å². The van der Waals surface area contributed by atoms with Crippen LogP contribution in [0.1, 0.15) is 6.42 Å². The fourth-order valence-electron chi connectivity index (χ4n) is 1.02. The summed E-state index contributed by atoms with van der Waals surface area (Å²) in [6, 6.07) is 0. The molecule has 1 rings (SSSR count). The van der Waals surface area contributed by atoms with Gasteiger partial charge in [-0.15, -0.1) is 0 Å². The number of allylic oxidation sites excluding steroid dienone is 8. The molecule has 0 aromatic carbocycles. The van der Waals surface area contributed by atoms with Crippen LogP contribution in [0.5, 0.6) is 0 Å². The maximum atomic E-state index is 10.5. The van der Waals surface area contributed by atoms with Gasteiger partial charge in [0.05, 0.1) is 5.75 Å². The molecule has 0 fully saturated rings. The summed E-state index contributed by atoms with van der Waals surface area (Å²) in [6.45, 7) is 0. The zero-order chi connectivity index (χ0) is 10.4. The summed E-state index contributed by atoms with van der Waals surface area (Å²) in [5.41, 5.74) is 0.878. The van der Waals surface area contributed by atoms with E-state index in [-0.39, 0.29) is 5.75 Å². The fourth-order valence-corrected chi connectivity index (χ4v) is 1.51. The Balaban J connectivity index is 2.60. The van der Waals surface area contributed by atoms with Crippen LogP contribution in [0, 0.1) is 0 Å². The van der Waals surface area contributed by atoms with E-state index >= 15 is 0 Å². The van der Waals surface area contributed by atoms with Crippen molar-refractivity contribution in [1.82, 2.24) is 0 Å². The van der Waals surface area contributed by atoms with Gasteiger partial charge in [-0.1, -0.05) is 42.5 Å². The van der Waals surface area contributed by atoms with Crippen molar-refractivity contribution in [1.29, 1.82) is 0 Å². The second kappa shape index (κ2) is 4.93. The van der Waals surface area contributed by atoms with Crippen molar-refractivity contribution in [3.8, 4) is 0 Å². The van der Waals surface area contributed by atoms with Crippen LogP contribution in [0.2, 0.25) is 0 Å². The Morgan fingerprint density at radius 2 is 1.71 bits per heavy atom. The maximum Gasteiger partial charge on any atom is 0.265 e. The van der Waals surface area contributed by atoms with E-state index in [4.69, 9.17) is 4.55 Å². The molecule has 4 heteroatoms. The highest BCUT2D eigenvalue weighted by molar-refractivity contribution is 7.85. The van der Waals surface area contributed by atoms with E-state index in [9.17, 15) is 8.42 Å². The minimum Gasteiger partial charge on any atom is -0.286 e. The summed E-state index contributed by atoms with van der Waals surface area (Å²) in [4.78, 5) is 0. The van der Waals surface area contributed by atoms with E-state index in [1.165, 1.54) is 0 Å². The topological polar surface area (TPSA) is 54.4 Å². The maximum absolute atomic E-state index is 10.5. The number of rotatable bonds is 3. The first-order valence-electron chi connectivity index (χ1n) is 4.24. The van der Waals surface area contributed by atoms with Gasteiger partial charge in [0.25, 0.3) is 10.1 Å². The molecule has 0 spiro atoms. The SMILES string of the molecule is O=S(=O)(O)CCC1=C/C=C\C=C/C=C1. The molecule has 3 nitrogen and oxygen atoms in total. The Labute approximate surface area is 83.9 Å². The van der Waals surface area contributed by atoms with Crippen molar-refractivity contribution in [3.63, 3.8) is 0 Å². The van der Waals surface area contributed by atoms with Crippen LogP contribution in [0.15, 0.2) is 48.1 Å². The average Bonchev–Trinajstić information content (AvgIpc) is 2.00. The van der Waals surface area contributed by atoms with Crippen molar-refractivity contribution in [2.75, 3.05) is 5.75 Å². The van der Waals surface area contributed by atoms with Gasteiger partial charge in [0.2, 0.25) is 0 Å². The van der Waals surface area contributed by atoms with Crippen LogP contribution in [-0.4, -0.2) is 18.7 Å². The third-order valence-electron chi connectivity index (χ3n) is 1.71. The predicted molar refractivity (Wildman–Crippen MR) is 56.5 cm³/mol. The molecule has 0 radical (unpaired) electrons. The fraction of sp³-hybridized carbons (Fsp3) is 0.200. The van der Waals surface area contributed by atoms with Crippen LogP contribution < -0.4 is 0 Å². The third-order valence-corrected chi connectivity index (χ3v) is 2.43. The van der Waals surface area contributed by atoms with Gasteiger partial charge in [-0.2, -0.15) is 8.42 Å². The van der Waals surface area contributed by atoms with E-state index in [1.807, 2.05) is 42.5 Å². The van der Waals surface area contributed by atoms with Gasteiger partial charge in [0.1, 0.15) is 0 Å². The van der Waals surface area contributed by atoms with Crippen LogP contribution in [0.25, 0.3) is 0 Å². The Kier molecular flexibility index (Phi) is 3.85. The van der Waals surface area contributed by atoms with Gasteiger partial charge in [0, 0.05) is 0 Å². The van der Waals surface area contributed by atoms with Gasteiger partial charge in [-0.25, -0.2) is 0 Å². The predicted octanol–water partition coefficient (Wildman–Crippen LogP) is 1.87. The monoisotopic (exact) mass is 212 g/mol. The molecule has 0 bridgehead atoms. The molecule has 0 aromatic heterocycles. The molecular weight excluding hydrogens is 200 g/mol. The Morgan fingerprint density at radius 3 is 2.43 bits per heavy atom. The summed E-state index contributed by atoms with van der Waals surface area (Å²) >= 11 is 0. The first kappa shape index (κ1) is 10.9. The zero-order valence-corrected chi connectivity index (χ0v) is 8.44. The highest BCUT2D eigenvalue weighted by Crippen LogP contribution is 2.07. The molecule has 1 aliphatic rings. The quantitative estimate of drug-likeness (QED) is 0.727. The Hall–Kier alpha value is -1.13. The van der Waals surface area contributed by atoms with E-state index in [2.05, 4.69) is 0 Å². The summed E-state index contributed by atoms with van der Waals surface area (Å²) in [7, 11) is -3.86. The van der Waals surface area contributed by atoms with Crippen LogP contribution in [-0.2, 0) is 10.1 Å². The van der Waals surface area contributed by atoms with Crippen molar-refractivity contribution in [2.24, 2.45) is 0 Å². The number of hydrogen-bond donors (Lipinski definition) is 1. The lowest BCUT2D eigenvalue weighted by atomic mass is 10.1. The molecule has 0 amide bonds. The molecule has 14 heavy (non-hydrogen) atoms. The lowest BCUT2D eigenvalue weighted by Gasteiger charge is -1.99. The molecular formula is C10H12O3S. The largest absolute Gasteiger partial charge is 0.286 e. The van der Waals surface area contributed by atoms with E-state index in [1.54, 1.807) is 0 Å². The molecule has 0 saturated heterocycles. The van der Waals surface area contributed by atoms with Crippen LogP contribution in [0.3, 0.4) is 0 Å². The first-order chi connectivity index (χ1) is 6.58. The number of hydrogen-bond acceptors (Lipinski definition) is 2. The highest BCUT2D eigenvalue weighted by atomic mass is 32.2. The molecule has 0 heterocycles. The summed E-state index contributed by atoms with van der Waals surface area (Å²) in [6.07, 6.45) is 13.2. The second-order valence-electron chi connectivity index (χ2n) is 2.91. The molecule has 0 aromatic rings. The third kappa shape index (κ3) is 4.79. The summed E-state index contributed by atoms with van der Waals surface area (Å²) < 4.78 is 29.6. The molecule has 0 aliphatic heterocycles.